The molecule has 1 heterocycles. The van der Waals surface area contributed by atoms with E-state index in [2.05, 4.69) is 5.32 Å². The van der Waals surface area contributed by atoms with Crippen LogP contribution in [0.2, 0.25) is 0 Å². The molecular weight excluding hydrogens is 305 g/mol. The van der Waals surface area contributed by atoms with E-state index >= 15 is 0 Å². The predicted molar refractivity (Wildman–Crippen MR) is 92.1 cm³/mol. The fraction of sp³-hybridized carbons (Fsp3) is 0.250. The van der Waals surface area contributed by atoms with E-state index in [1.807, 2.05) is 38.1 Å². The number of ether oxygens (including phenoxy) is 1. The normalized spacial score (nSPS) is 18.7. The fourth-order valence-corrected chi connectivity index (χ4v) is 2.90. The highest BCUT2D eigenvalue weighted by molar-refractivity contribution is 5.92. The first-order chi connectivity index (χ1) is 11.4. The summed E-state index contributed by atoms with van der Waals surface area (Å²) in [5.41, 5.74) is 1.42. The Labute approximate surface area is 141 Å². The molecule has 1 N–H and O–H groups in total. The molecule has 1 atom stereocenters. The van der Waals surface area contributed by atoms with Crippen LogP contribution in [0.25, 0.3) is 6.08 Å². The molecule has 0 bridgehead atoms. The highest BCUT2D eigenvalue weighted by Crippen LogP contribution is 2.39. The zero-order valence-electron chi connectivity index (χ0n) is 13.8. The van der Waals surface area contributed by atoms with Crippen LogP contribution in [0.15, 0.2) is 54.6 Å². The molecule has 0 aliphatic carbocycles. The van der Waals surface area contributed by atoms with Gasteiger partial charge in [0.05, 0.1) is 6.04 Å². The molecule has 3 nitrogen and oxygen atoms in total. The van der Waals surface area contributed by atoms with E-state index in [0.717, 1.165) is 16.9 Å². The minimum atomic E-state index is -0.340. The van der Waals surface area contributed by atoms with Crippen LogP contribution >= 0.6 is 0 Å². The summed E-state index contributed by atoms with van der Waals surface area (Å²) in [6, 6.07) is 13.7. The number of halogens is 1. The molecule has 1 amide bonds. The average Bonchev–Trinajstić information content (AvgIpc) is 2.53. The molecule has 2 aromatic rings. The van der Waals surface area contributed by atoms with Crippen LogP contribution in [0.1, 0.15) is 37.4 Å². The van der Waals surface area contributed by atoms with Crippen molar-refractivity contribution in [1.29, 1.82) is 0 Å². The van der Waals surface area contributed by atoms with Crippen molar-refractivity contribution in [3.63, 3.8) is 0 Å². The monoisotopic (exact) mass is 325 g/mol. The number of nitrogens with one attached hydrogen (secondary N) is 1. The number of para-hydroxylation sites is 1. The van der Waals surface area contributed by atoms with Crippen molar-refractivity contribution in [3.05, 3.63) is 71.6 Å². The van der Waals surface area contributed by atoms with Gasteiger partial charge in [-0.3, -0.25) is 4.79 Å². The number of hydrogen-bond donors (Lipinski definition) is 1. The van der Waals surface area contributed by atoms with E-state index in [0.29, 0.717) is 6.42 Å². The molecule has 0 unspecified atom stereocenters. The van der Waals surface area contributed by atoms with Gasteiger partial charge in [-0.15, -0.1) is 0 Å². The van der Waals surface area contributed by atoms with Crippen molar-refractivity contribution < 1.29 is 13.9 Å². The van der Waals surface area contributed by atoms with Gasteiger partial charge < -0.3 is 10.1 Å². The number of hydrogen-bond acceptors (Lipinski definition) is 2. The van der Waals surface area contributed by atoms with E-state index in [1.54, 1.807) is 18.2 Å². The molecule has 1 aliphatic heterocycles. The molecule has 0 fully saturated rings. The maximum absolute atomic E-state index is 12.9. The highest BCUT2D eigenvalue weighted by atomic mass is 19.1. The number of benzene rings is 2. The Hall–Kier alpha value is -2.62. The number of fused-ring (bicyclic) bond motifs is 1. The third-order valence-electron chi connectivity index (χ3n) is 3.99. The molecule has 0 saturated heterocycles. The van der Waals surface area contributed by atoms with E-state index in [1.165, 1.54) is 18.2 Å². The molecule has 4 heteroatoms. The van der Waals surface area contributed by atoms with Crippen molar-refractivity contribution in [1.82, 2.24) is 5.32 Å². The smallest absolute Gasteiger partial charge is 0.244 e. The summed E-state index contributed by atoms with van der Waals surface area (Å²) >= 11 is 0. The number of amides is 1. The SMILES string of the molecule is CC1(C)C[C@@H](NC(=O)/C=C/c2ccc(F)cc2)c2ccccc2O1. The fourth-order valence-electron chi connectivity index (χ4n) is 2.90. The maximum atomic E-state index is 12.9. The lowest BCUT2D eigenvalue weighted by molar-refractivity contribution is -0.117. The Morgan fingerprint density at radius 1 is 1.21 bits per heavy atom. The molecule has 1 aliphatic rings. The third kappa shape index (κ3) is 3.82. The molecule has 24 heavy (non-hydrogen) atoms. The van der Waals surface area contributed by atoms with Crippen LogP contribution in [-0.4, -0.2) is 11.5 Å². The van der Waals surface area contributed by atoms with Crippen LogP contribution in [0, 0.1) is 5.82 Å². The summed E-state index contributed by atoms with van der Waals surface area (Å²) in [4.78, 5) is 12.3. The van der Waals surface area contributed by atoms with E-state index in [9.17, 15) is 9.18 Å². The highest BCUT2D eigenvalue weighted by Gasteiger charge is 2.33. The van der Waals surface area contributed by atoms with Gasteiger partial charge in [-0.1, -0.05) is 30.3 Å². The van der Waals surface area contributed by atoms with Crippen molar-refractivity contribution >= 4 is 12.0 Å². The summed E-state index contributed by atoms with van der Waals surface area (Å²) in [6.07, 6.45) is 3.84. The van der Waals surface area contributed by atoms with Crippen LogP contribution in [0.3, 0.4) is 0 Å². The zero-order chi connectivity index (χ0) is 17.2. The van der Waals surface area contributed by atoms with Gasteiger partial charge in [0.2, 0.25) is 5.91 Å². The lowest BCUT2D eigenvalue weighted by Gasteiger charge is -2.37. The van der Waals surface area contributed by atoms with Gasteiger partial charge >= 0.3 is 0 Å². The lowest BCUT2D eigenvalue weighted by atomic mass is 9.89. The second kappa shape index (κ2) is 6.48. The van der Waals surface area contributed by atoms with Crippen molar-refractivity contribution in [2.24, 2.45) is 0 Å². The average molecular weight is 325 g/mol. The number of carbonyl (C=O) groups excluding carboxylic acids is 1. The van der Waals surface area contributed by atoms with Crippen molar-refractivity contribution in [3.8, 4) is 5.75 Å². The predicted octanol–water partition coefficient (Wildman–Crippen LogP) is 4.26. The largest absolute Gasteiger partial charge is 0.487 e. The molecule has 3 rings (SSSR count). The first kappa shape index (κ1) is 16.2. The van der Waals surface area contributed by atoms with Gasteiger partial charge in [0.15, 0.2) is 0 Å². The Balaban J connectivity index is 1.73. The maximum Gasteiger partial charge on any atom is 0.244 e. The van der Waals surface area contributed by atoms with Crippen LogP contribution in [0.5, 0.6) is 5.75 Å². The van der Waals surface area contributed by atoms with E-state index in [-0.39, 0.29) is 23.4 Å². The summed E-state index contributed by atoms with van der Waals surface area (Å²) in [6.45, 7) is 4.02. The topological polar surface area (TPSA) is 38.3 Å². The van der Waals surface area contributed by atoms with E-state index < -0.39 is 0 Å². The van der Waals surface area contributed by atoms with Crippen LogP contribution in [0.4, 0.5) is 4.39 Å². The molecule has 2 aromatic carbocycles. The molecule has 0 saturated carbocycles. The van der Waals surface area contributed by atoms with Gasteiger partial charge in [0, 0.05) is 18.1 Å². The van der Waals surface area contributed by atoms with Gasteiger partial charge in [-0.25, -0.2) is 4.39 Å². The summed E-state index contributed by atoms with van der Waals surface area (Å²) in [7, 11) is 0. The van der Waals surface area contributed by atoms with Crippen molar-refractivity contribution in [2.45, 2.75) is 31.9 Å². The summed E-state index contributed by atoms with van der Waals surface area (Å²) < 4.78 is 18.9. The minimum absolute atomic E-state index is 0.102. The Bertz CT molecular complexity index is 765. The van der Waals surface area contributed by atoms with E-state index in [4.69, 9.17) is 4.74 Å². The second-order valence-electron chi connectivity index (χ2n) is 6.55. The molecule has 0 aromatic heterocycles. The quantitative estimate of drug-likeness (QED) is 0.857. The molecule has 0 spiro atoms. The van der Waals surface area contributed by atoms with Gasteiger partial charge in [0.1, 0.15) is 17.2 Å². The molecule has 124 valence electrons. The Kier molecular flexibility index (Phi) is 4.38. The van der Waals surface area contributed by atoms with Crippen LogP contribution in [-0.2, 0) is 4.79 Å². The lowest BCUT2D eigenvalue weighted by Crippen LogP contribution is -2.40. The third-order valence-corrected chi connectivity index (χ3v) is 3.99. The summed E-state index contributed by atoms with van der Waals surface area (Å²) in [5, 5.41) is 3.03. The van der Waals surface area contributed by atoms with Gasteiger partial charge in [-0.2, -0.15) is 0 Å². The standard InChI is InChI=1S/C20H20FNO2/c1-20(2)13-17(16-5-3-4-6-18(16)24-20)22-19(23)12-9-14-7-10-15(21)11-8-14/h3-12,17H,13H2,1-2H3,(H,22,23)/b12-9+/t17-/m1/s1. The zero-order valence-corrected chi connectivity index (χ0v) is 13.8. The molecule has 0 radical (unpaired) electrons. The van der Waals surface area contributed by atoms with Gasteiger partial charge in [-0.05, 0) is 43.7 Å². The van der Waals surface area contributed by atoms with Crippen molar-refractivity contribution in [2.75, 3.05) is 0 Å². The first-order valence-electron chi connectivity index (χ1n) is 7.95. The second-order valence-corrected chi connectivity index (χ2v) is 6.55. The Morgan fingerprint density at radius 2 is 1.92 bits per heavy atom. The summed E-state index contributed by atoms with van der Waals surface area (Å²) in [5.74, 6) is 0.330. The molecular formula is C20H20FNO2. The number of rotatable bonds is 3. The minimum Gasteiger partial charge on any atom is -0.487 e. The van der Waals surface area contributed by atoms with Gasteiger partial charge in [0.25, 0.3) is 0 Å². The van der Waals surface area contributed by atoms with Crippen LogP contribution < -0.4 is 10.1 Å². The number of carbonyl (C=O) groups is 1. The first-order valence-corrected chi connectivity index (χ1v) is 7.95. The Morgan fingerprint density at radius 3 is 2.67 bits per heavy atom.